The van der Waals surface area contributed by atoms with Crippen LogP contribution in [0.15, 0.2) is 42.6 Å². The third-order valence-corrected chi connectivity index (χ3v) is 8.47. The van der Waals surface area contributed by atoms with Crippen LogP contribution in [0.5, 0.6) is 11.6 Å². The minimum absolute atomic E-state index is 0.0419. The van der Waals surface area contributed by atoms with Gasteiger partial charge >= 0.3 is 5.97 Å². The van der Waals surface area contributed by atoms with Crippen LogP contribution in [0.25, 0.3) is 32.8 Å². The van der Waals surface area contributed by atoms with E-state index in [0.717, 1.165) is 12.8 Å². The zero-order valence-corrected chi connectivity index (χ0v) is 24.5. The number of terminal acetylenes is 1. The summed E-state index contributed by atoms with van der Waals surface area (Å²) >= 11 is 0. The van der Waals surface area contributed by atoms with Crippen molar-refractivity contribution >= 4 is 33.3 Å². The molecule has 226 valence electrons. The predicted molar refractivity (Wildman–Crippen MR) is 165 cm³/mol. The first-order valence-electron chi connectivity index (χ1n) is 14.5. The van der Waals surface area contributed by atoms with Crippen LogP contribution in [-0.4, -0.2) is 59.9 Å². The van der Waals surface area contributed by atoms with Crippen molar-refractivity contribution in [3.05, 3.63) is 65.4 Å². The molecule has 44 heavy (non-hydrogen) atoms. The van der Waals surface area contributed by atoms with Gasteiger partial charge in [0.15, 0.2) is 5.82 Å². The van der Waals surface area contributed by atoms with Gasteiger partial charge in [-0.15, -0.1) is 6.42 Å². The molecule has 4 heterocycles. The number of piperazine rings is 1. The summed E-state index contributed by atoms with van der Waals surface area (Å²) in [6.07, 6.45) is 10.2. The van der Waals surface area contributed by atoms with Crippen LogP contribution < -0.4 is 15.0 Å². The Balaban J connectivity index is 1.49. The fraction of sp³-hybridized carbons (Fsp3) is 0.324. The number of rotatable bonds is 8. The molecule has 2 aromatic carbocycles. The highest BCUT2D eigenvalue weighted by Gasteiger charge is 2.34. The van der Waals surface area contributed by atoms with Gasteiger partial charge < -0.3 is 24.8 Å². The lowest BCUT2D eigenvalue weighted by atomic mass is 9.95. The van der Waals surface area contributed by atoms with Crippen molar-refractivity contribution in [2.75, 3.05) is 31.7 Å². The van der Waals surface area contributed by atoms with E-state index < -0.39 is 17.6 Å². The molecule has 0 radical (unpaired) electrons. The number of aryl methyl sites for hydroxylation is 1. The Morgan fingerprint density at radius 1 is 1.23 bits per heavy atom. The second-order valence-corrected chi connectivity index (χ2v) is 11.3. The van der Waals surface area contributed by atoms with E-state index in [9.17, 15) is 14.3 Å². The van der Waals surface area contributed by atoms with Crippen molar-refractivity contribution < 1.29 is 28.2 Å². The molecular formula is C34H32F2N4O4. The summed E-state index contributed by atoms with van der Waals surface area (Å²) in [6, 6.07) is 6.10. The third kappa shape index (κ3) is 5.18. The molecule has 8 nitrogen and oxygen atoms in total. The number of pyridine rings is 2. The largest absolute Gasteiger partial charge is 0.508 e. The van der Waals surface area contributed by atoms with E-state index in [-0.39, 0.29) is 45.8 Å². The molecule has 0 amide bonds. The molecule has 2 fully saturated rings. The Labute approximate surface area is 253 Å². The lowest BCUT2D eigenvalue weighted by molar-refractivity contribution is -0.136. The van der Waals surface area contributed by atoms with Gasteiger partial charge in [0.2, 0.25) is 5.88 Å². The lowest BCUT2D eigenvalue weighted by Gasteiger charge is -2.34. The Hall–Kier alpha value is -4.75. The van der Waals surface area contributed by atoms with Crippen LogP contribution >= 0.6 is 0 Å². The number of aromatic nitrogens is 2. The molecule has 2 aliphatic rings. The minimum Gasteiger partial charge on any atom is -0.508 e. The Morgan fingerprint density at radius 3 is 2.68 bits per heavy atom. The highest BCUT2D eigenvalue weighted by atomic mass is 19.1. The van der Waals surface area contributed by atoms with Gasteiger partial charge in [0.25, 0.3) is 0 Å². The molecule has 2 N–H and O–H groups in total. The predicted octanol–water partition coefficient (Wildman–Crippen LogP) is 5.55. The summed E-state index contributed by atoms with van der Waals surface area (Å²) in [4.78, 5) is 23.3. The Bertz CT molecular complexity index is 1860. The van der Waals surface area contributed by atoms with Gasteiger partial charge in [-0.2, -0.15) is 4.98 Å². The van der Waals surface area contributed by atoms with Crippen molar-refractivity contribution in [3.63, 3.8) is 0 Å². The number of nitrogens with one attached hydrogen (secondary N) is 1. The number of hydrogen-bond acceptors (Lipinski definition) is 8. The summed E-state index contributed by atoms with van der Waals surface area (Å²) in [5, 5.41) is 15.6. The number of methoxy groups -OCH3 is 1. The van der Waals surface area contributed by atoms with E-state index in [2.05, 4.69) is 27.7 Å². The number of fused-ring (bicyclic) bond motifs is 4. The molecule has 6 rings (SSSR count). The number of halogens is 2. The van der Waals surface area contributed by atoms with Gasteiger partial charge in [0, 0.05) is 64.2 Å². The zero-order chi connectivity index (χ0) is 31.1. The van der Waals surface area contributed by atoms with E-state index >= 15 is 4.39 Å². The number of carbonyl (C=O) groups is 1. The molecule has 2 atom stereocenters. The summed E-state index contributed by atoms with van der Waals surface area (Å²) in [5.41, 5.74) is 0.844. The number of hydrogen-bond donors (Lipinski definition) is 2. The number of phenols is 1. The van der Waals surface area contributed by atoms with Gasteiger partial charge in [0.05, 0.1) is 19.3 Å². The number of aromatic hydroxyl groups is 1. The van der Waals surface area contributed by atoms with Crippen LogP contribution in [0.3, 0.4) is 0 Å². The molecule has 10 heteroatoms. The van der Waals surface area contributed by atoms with Crippen LogP contribution in [0.2, 0.25) is 0 Å². The molecular weight excluding hydrogens is 566 g/mol. The topological polar surface area (TPSA) is 96.8 Å². The maximum atomic E-state index is 16.9. The monoisotopic (exact) mass is 598 g/mol. The fourth-order valence-corrected chi connectivity index (χ4v) is 6.36. The van der Waals surface area contributed by atoms with E-state index in [1.54, 1.807) is 13.1 Å². The van der Waals surface area contributed by atoms with Crippen LogP contribution in [0.4, 0.5) is 14.6 Å². The SMILES string of the molecule is C#Cc1c(F)ccc2cc(O)cc(-c3ncc4c(N5CC6CCC(C5)N6)nc(OCCCC(=C)C(=O)OC)c(C)c4c3F)c12. The maximum Gasteiger partial charge on any atom is 0.333 e. The van der Waals surface area contributed by atoms with Crippen molar-refractivity contribution in [3.8, 4) is 35.2 Å². The standard InChI is InChI=1S/C34H32F2N4O4/c1-5-24-27(35)11-8-20-13-23(41)14-25(29(20)24)31-30(36)28-19(3)33(44-12-6-7-18(2)34(42)43-4)39-32(26(28)15-37-31)40-16-21-9-10-22(17-40)38-21/h1,8,11,13-15,21-22,38,41H,2,6-7,9-10,12,16-17H2,3-4H3. The molecule has 2 unspecified atom stereocenters. The van der Waals surface area contributed by atoms with Crippen LogP contribution in [-0.2, 0) is 9.53 Å². The summed E-state index contributed by atoms with van der Waals surface area (Å²) in [7, 11) is 1.30. The first-order valence-corrected chi connectivity index (χ1v) is 14.5. The number of ether oxygens (including phenoxy) is 2. The summed E-state index contributed by atoms with van der Waals surface area (Å²) in [5.74, 6) is 1.29. The van der Waals surface area contributed by atoms with Crippen molar-refractivity contribution in [1.82, 2.24) is 15.3 Å². The van der Waals surface area contributed by atoms with Crippen molar-refractivity contribution in [2.45, 2.75) is 44.7 Å². The molecule has 4 aromatic rings. The van der Waals surface area contributed by atoms with E-state index in [0.29, 0.717) is 65.7 Å². The average Bonchev–Trinajstić information content (AvgIpc) is 3.36. The molecule has 0 spiro atoms. The van der Waals surface area contributed by atoms with Gasteiger partial charge in [-0.25, -0.2) is 13.6 Å². The molecule has 0 aliphatic carbocycles. The molecule has 0 saturated carbocycles. The number of esters is 1. The minimum atomic E-state index is -0.662. The highest BCUT2D eigenvalue weighted by Crippen LogP contribution is 2.41. The first kappa shape index (κ1) is 29.3. The Morgan fingerprint density at radius 2 is 1.98 bits per heavy atom. The van der Waals surface area contributed by atoms with Crippen LogP contribution in [0, 0.1) is 30.9 Å². The fourth-order valence-electron chi connectivity index (χ4n) is 6.36. The van der Waals surface area contributed by atoms with Gasteiger partial charge in [0.1, 0.15) is 23.1 Å². The maximum absolute atomic E-state index is 16.9. The zero-order valence-electron chi connectivity index (χ0n) is 24.5. The molecule has 2 aromatic heterocycles. The number of nitrogens with zero attached hydrogens (tertiary/aromatic N) is 3. The van der Waals surface area contributed by atoms with Crippen molar-refractivity contribution in [2.24, 2.45) is 0 Å². The number of benzene rings is 2. The van der Waals surface area contributed by atoms with Gasteiger partial charge in [-0.05, 0) is 56.2 Å². The second kappa shape index (κ2) is 11.7. The summed E-state index contributed by atoms with van der Waals surface area (Å²) in [6.45, 7) is 7.09. The lowest BCUT2D eigenvalue weighted by Crippen LogP contribution is -2.51. The average molecular weight is 599 g/mol. The molecule has 2 bridgehead atoms. The van der Waals surface area contributed by atoms with E-state index in [1.807, 2.05) is 0 Å². The highest BCUT2D eigenvalue weighted by molar-refractivity contribution is 6.04. The molecule has 2 aliphatic heterocycles. The smallest absolute Gasteiger partial charge is 0.333 e. The second-order valence-electron chi connectivity index (χ2n) is 11.3. The van der Waals surface area contributed by atoms with E-state index in [1.165, 1.54) is 31.4 Å². The molecule has 2 saturated heterocycles. The number of carbonyl (C=O) groups excluding carboxylic acids is 1. The first-order chi connectivity index (χ1) is 21.2. The van der Waals surface area contributed by atoms with Crippen LogP contribution in [0.1, 0.15) is 36.8 Å². The van der Waals surface area contributed by atoms with Crippen molar-refractivity contribution in [1.29, 1.82) is 0 Å². The van der Waals surface area contributed by atoms with E-state index in [4.69, 9.17) is 20.9 Å². The van der Waals surface area contributed by atoms with Gasteiger partial charge in [-0.3, -0.25) is 4.98 Å². The number of anilines is 1. The Kier molecular flexibility index (Phi) is 7.82. The third-order valence-electron chi connectivity index (χ3n) is 8.47. The summed E-state index contributed by atoms with van der Waals surface area (Å²) < 4.78 is 42.5. The van der Waals surface area contributed by atoms with Gasteiger partial charge in [-0.1, -0.05) is 18.6 Å². The number of phenolic OH excluding ortho intramolecular Hbond substituents is 1. The normalized spacial score (nSPS) is 17.6. The quantitative estimate of drug-likeness (QED) is 0.118.